The molecule has 0 N–H and O–H groups in total. The van der Waals surface area contributed by atoms with E-state index >= 15 is 0 Å². The smallest absolute Gasteiger partial charge is 0.291 e. The quantitative estimate of drug-likeness (QED) is 0.708. The Morgan fingerprint density at radius 2 is 1.96 bits per heavy atom. The zero-order valence-electron chi connectivity index (χ0n) is 13.0. The first-order valence-electron chi connectivity index (χ1n) is 7.23. The molecule has 0 bridgehead atoms. The topological polar surface area (TPSA) is 102 Å². The molecule has 0 aromatic carbocycles. The molecule has 0 aliphatic carbocycles. The Labute approximate surface area is 134 Å². The van der Waals surface area contributed by atoms with Gasteiger partial charge in [0, 0.05) is 13.1 Å². The number of nitrogens with zero attached hydrogens (tertiary/aromatic N) is 3. The van der Waals surface area contributed by atoms with E-state index in [1.807, 2.05) is 0 Å². The lowest BCUT2D eigenvalue weighted by molar-refractivity contribution is -0.279. The number of ether oxygens (including phenoxy) is 2. The van der Waals surface area contributed by atoms with E-state index in [0.29, 0.717) is 12.2 Å². The van der Waals surface area contributed by atoms with Gasteiger partial charge in [-0.25, -0.2) is 13.4 Å². The maximum absolute atomic E-state index is 12.5. The summed E-state index contributed by atoms with van der Waals surface area (Å²) in [4.78, 5) is 18.0. The van der Waals surface area contributed by atoms with E-state index in [4.69, 9.17) is 13.9 Å². The molecule has 1 aromatic rings. The van der Waals surface area contributed by atoms with Crippen LogP contribution in [0, 0.1) is 6.92 Å². The summed E-state index contributed by atoms with van der Waals surface area (Å²) in [6.45, 7) is 3.02. The van der Waals surface area contributed by atoms with Crippen molar-refractivity contribution in [3.63, 3.8) is 0 Å². The third-order valence-electron chi connectivity index (χ3n) is 3.98. The SMILES string of the molecule is Cc1ncoc1C(=O)N1CCOC2(C1)CN(S(C)(=O)=O)CCO2. The van der Waals surface area contributed by atoms with Crippen molar-refractivity contribution in [3.05, 3.63) is 17.8 Å². The van der Waals surface area contributed by atoms with Crippen molar-refractivity contribution in [2.75, 3.05) is 45.6 Å². The lowest BCUT2D eigenvalue weighted by Gasteiger charge is -2.46. The van der Waals surface area contributed by atoms with Gasteiger partial charge in [0.1, 0.15) is 0 Å². The lowest BCUT2D eigenvalue weighted by atomic mass is 10.1. The Hall–Kier alpha value is -1.49. The molecular weight excluding hydrogens is 326 g/mol. The Morgan fingerprint density at radius 1 is 1.26 bits per heavy atom. The number of sulfonamides is 1. The molecule has 2 saturated heterocycles. The maximum Gasteiger partial charge on any atom is 0.291 e. The normalized spacial score (nSPS) is 26.6. The van der Waals surface area contributed by atoms with E-state index < -0.39 is 15.8 Å². The van der Waals surface area contributed by atoms with Crippen molar-refractivity contribution in [1.29, 1.82) is 0 Å². The Kier molecular flexibility index (Phi) is 4.17. The number of morpholine rings is 2. The Bertz CT molecular complexity index is 698. The minimum atomic E-state index is -3.35. The first kappa shape index (κ1) is 16.4. The third-order valence-corrected chi connectivity index (χ3v) is 5.23. The average Bonchev–Trinajstić information content (AvgIpc) is 2.92. The standard InChI is InChI=1S/C13H19N3O6S/c1-10-11(20-9-14-10)12(17)15-3-5-21-13(7-15)8-16(4-6-22-13)23(2,18)19/h9H,3-8H2,1-2H3. The molecule has 0 saturated carbocycles. The van der Waals surface area contributed by atoms with Crippen LogP contribution >= 0.6 is 0 Å². The number of carbonyl (C=O) groups is 1. The van der Waals surface area contributed by atoms with E-state index in [-0.39, 0.29) is 44.5 Å². The summed E-state index contributed by atoms with van der Waals surface area (Å²) in [7, 11) is -3.35. The molecule has 3 heterocycles. The van der Waals surface area contributed by atoms with Crippen LogP contribution in [0.2, 0.25) is 0 Å². The van der Waals surface area contributed by atoms with Gasteiger partial charge in [-0.3, -0.25) is 4.79 Å². The molecule has 1 atom stereocenters. The predicted octanol–water partition coefficient (Wildman–Crippen LogP) is -0.556. The molecule has 2 aliphatic heterocycles. The number of rotatable bonds is 2. The van der Waals surface area contributed by atoms with Gasteiger partial charge in [0.25, 0.3) is 5.91 Å². The third kappa shape index (κ3) is 3.25. The largest absolute Gasteiger partial charge is 0.438 e. The fraction of sp³-hybridized carbons (Fsp3) is 0.692. The molecule has 10 heteroatoms. The van der Waals surface area contributed by atoms with Crippen LogP contribution in [-0.2, 0) is 19.5 Å². The van der Waals surface area contributed by atoms with E-state index in [1.165, 1.54) is 10.7 Å². The van der Waals surface area contributed by atoms with Gasteiger partial charge in [0.2, 0.25) is 15.8 Å². The number of hydrogen-bond donors (Lipinski definition) is 0. The van der Waals surface area contributed by atoms with Crippen molar-refractivity contribution in [3.8, 4) is 0 Å². The first-order valence-corrected chi connectivity index (χ1v) is 9.08. The highest BCUT2D eigenvalue weighted by Gasteiger charge is 2.45. The van der Waals surface area contributed by atoms with Gasteiger partial charge in [-0.1, -0.05) is 0 Å². The number of amides is 1. The van der Waals surface area contributed by atoms with Gasteiger partial charge in [0.05, 0.1) is 38.3 Å². The van der Waals surface area contributed by atoms with Crippen LogP contribution in [0.5, 0.6) is 0 Å². The van der Waals surface area contributed by atoms with Crippen molar-refractivity contribution in [2.45, 2.75) is 12.7 Å². The predicted molar refractivity (Wildman–Crippen MR) is 78.2 cm³/mol. The highest BCUT2D eigenvalue weighted by atomic mass is 32.2. The zero-order chi connectivity index (χ0) is 16.7. The summed E-state index contributed by atoms with van der Waals surface area (Å²) in [5.74, 6) is -1.26. The maximum atomic E-state index is 12.5. The minimum Gasteiger partial charge on any atom is -0.438 e. The number of hydrogen-bond acceptors (Lipinski definition) is 7. The highest BCUT2D eigenvalue weighted by molar-refractivity contribution is 7.88. The molecule has 2 aliphatic rings. The summed E-state index contributed by atoms with van der Waals surface area (Å²) in [6, 6.07) is 0. The summed E-state index contributed by atoms with van der Waals surface area (Å²) in [6.07, 6.45) is 2.37. The summed E-state index contributed by atoms with van der Waals surface area (Å²) < 4.78 is 41.4. The molecule has 23 heavy (non-hydrogen) atoms. The number of oxazole rings is 1. The van der Waals surface area contributed by atoms with E-state index in [9.17, 15) is 13.2 Å². The molecule has 2 fully saturated rings. The van der Waals surface area contributed by atoms with Gasteiger partial charge in [-0.2, -0.15) is 4.31 Å². The monoisotopic (exact) mass is 345 g/mol. The van der Waals surface area contributed by atoms with Crippen LogP contribution in [0.4, 0.5) is 0 Å². The Balaban J connectivity index is 1.78. The number of aryl methyl sites for hydroxylation is 1. The van der Waals surface area contributed by atoms with Gasteiger partial charge in [-0.05, 0) is 6.92 Å². The van der Waals surface area contributed by atoms with E-state index in [0.717, 1.165) is 6.26 Å². The lowest BCUT2D eigenvalue weighted by Crippen LogP contribution is -2.63. The van der Waals surface area contributed by atoms with E-state index in [2.05, 4.69) is 4.98 Å². The van der Waals surface area contributed by atoms with Crippen LogP contribution in [0.25, 0.3) is 0 Å². The van der Waals surface area contributed by atoms with Gasteiger partial charge in [-0.15, -0.1) is 0 Å². The summed E-state index contributed by atoms with van der Waals surface area (Å²) >= 11 is 0. The highest BCUT2D eigenvalue weighted by Crippen LogP contribution is 2.27. The van der Waals surface area contributed by atoms with Gasteiger partial charge in [0.15, 0.2) is 12.2 Å². The molecule has 1 aromatic heterocycles. The van der Waals surface area contributed by atoms with Crippen molar-refractivity contribution in [1.82, 2.24) is 14.2 Å². The van der Waals surface area contributed by atoms with E-state index in [1.54, 1.807) is 11.8 Å². The molecule has 1 spiro atoms. The molecule has 1 amide bonds. The summed E-state index contributed by atoms with van der Waals surface area (Å²) in [5, 5.41) is 0. The zero-order valence-corrected chi connectivity index (χ0v) is 13.8. The molecule has 1 unspecified atom stereocenters. The van der Waals surface area contributed by atoms with Crippen LogP contribution in [-0.4, -0.2) is 79.9 Å². The Morgan fingerprint density at radius 3 is 2.57 bits per heavy atom. The van der Waals surface area contributed by atoms with Gasteiger partial charge >= 0.3 is 0 Å². The van der Waals surface area contributed by atoms with Crippen LogP contribution in [0.3, 0.4) is 0 Å². The van der Waals surface area contributed by atoms with Crippen molar-refractivity contribution in [2.24, 2.45) is 0 Å². The second-order valence-corrected chi connectivity index (χ2v) is 7.68. The summed E-state index contributed by atoms with van der Waals surface area (Å²) in [5.41, 5.74) is 0.512. The van der Waals surface area contributed by atoms with Crippen LogP contribution in [0.1, 0.15) is 16.2 Å². The minimum absolute atomic E-state index is 0.0605. The first-order chi connectivity index (χ1) is 10.8. The van der Waals surface area contributed by atoms with Gasteiger partial charge < -0.3 is 18.8 Å². The van der Waals surface area contributed by atoms with Crippen LogP contribution < -0.4 is 0 Å². The number of aromatic nitrogens is 1. The molecule has 3 rings (SSSR count). The van der Waals surface area contributed by atoms with Crippen molar-refractivity contribution >= 4 is 15.9 Å². The molecule has 0 radical (unpaired) electrons. The van der Waals surface area contributed by atoms with Crippen LogP contribution in [0.15, 0.2) is 10.8 Å². The second-order valence-electron chi connectivity index (χ2n) is 5.70. The van der Waals surface area contributed by atoms with Crippen molar-refractivity contribution < 1.29 is 27.1 Å². The molecule has 128 valence electrons. The molecular formula is C13H19N3O6S. The second kappa shape index (κ2) is 5.86. The molecule has 9 nitrogen and oxygen atoms in total. The number of carbonyl (C=O) groups excluding carboxylic acids is 1. The average molecular weight is 345 g/mol. The fourth-order valence-corrected chi connectivity index (χ4v) is 3.61. The fourth-order valence-electron chi connectivity index (χ4n) is 2.77.